The van der Waals surface area contributed by atoms with Crippen LogP contribution in [0, 0.1) is 13.8 Å². The quantitative estimate of drug-likeness (QED) is 0.659. The number of nitrogens with one attached hydrogen (secondary N) is 1. The highest BCUT2D eigenvalue weighted by atomic mass is 16.5. The normalized spacial score (nSPS) is 10.2. The molecular formula is C17H19N3O6. The van der Waals surface area contributed by atoms with Gasteiger partial charge < -0.3 is 25.0 Å². The number of aryl methyl sites for hydroxylation is 2. The monoisotopic (exact) mass is 361 g/mol. The summed E-state index contributed by atoms with van der Waals surface area (Å²) in [6.45, 7) is 2.87. The number of ether oxygens (including phenoxy) is 2. The van der Waals surface area contributed by atoms with Crippen molar-refractivity contribution in [2.45, 2.75) is 20.5 Å². The highest BCUT2D eigenvalue weighted by molar-refractivity contribution is 5.94. The highest BCUT2D eigenvalue weighted by Crippen LogP contribution is 2.22. The summed E-state index contributed by atoms with van der Waals surface area (Å²) >= 11 is 0. The van der Waals surface area contributed by atoms with Crippen molar-refractivity contribution in [2.24, 2.45) is 5.73 Å². The summed E-state index contributed by atoms with van der Waals surface area (Å²) in [6, 6.07) is 6.49. The third-order valence-corrected chi connectivity index (χ3v) is 3.45. The van der Waals surface area contributed by atoms with Crippen LogP contribution in [-0.2, 0) is 20.9 Å². The summed E-state index contributed by atoms with van der Waals surface area (Å²) in [5.74, 6) is -1.12. The van der Waals surface area contributed by atoms with Gasteiger partial charge in [-0.25, -0.2) is 4.79 Å². The molecule has 1 aromatic heterocycles. The average Bonchev–Trinajstić information content (AvgIpc) is 2.94. The molecule has 0 spiro atoms. The molecule has 0 aliphatic carbocycles. The summed E-state index contributed by atoms with van der Waals surface area (Å²) in [5, 5.41) is 6.06. The van der Waals surface area contributed by atoms with E-state index < -0.39 is 24.4 Å². The van der Waals surface area contributed by atoms with Crippen LogP contribution >= 0.6 is 0 Å². The van der Waals surface area contributed by atoms with Gasteiger partial charge in [-0.3, -0.25) is 9.59 Å². The number of carbonyl (C=O) groups is 3. The van der Waals surface area contributed by atoms with E-state index in [1.165, 1.54) is 6.07 Å². The standard InChI is InChI=1S/C17H19N3O6/c1-10-13(11(2)26-20-10)8-24-14-6-4-3-5-12(14)17(23)25-9-16(22)19-7-15(18)21/h3-6H,7-9H2,1-2H3,(H2,18,21)(H,19,22). The Bertz CT molecular complexity index is 795. The molecule has 0 saturated heterocycles. The second-order valence-electron chi connectivity index (χ2n) is 5.41. The van der Waals surface area contributed by atoms with Crippen LogP contribution in [0.4, 0.5) is 0 Å². The third-order valence-electron chi connectivity index (χ3n) is 3.45. The minimum atomic E-state index is -0.728. The molecule has 138 valence electrons. The molecule has 2 aromatic rings. The van der Waals surface area contributed by atoms with E-state index in [1.807, 2.05) is 0 Å². The molecule has 1 aromatic carbocycles. The molecular weight excluding hydrogens is 342 g/mol. The first-order chi connectivity index (χ1) is 12.4. The lowest BCUT2D eigenvalue weighted by atomic mass is 10.2. The Morgan fingerprint density at radius 3 is 2.62 bits per heavy atom. The van der Waals surface area contributed by atoms with E-state index >= 15 is 0 Å². The van der Waals surface area contributed by atoms with Gasteiger partial charge in [0.15, 0.2) is 6.61 Å². The fourth-order valence-corrected chi connectivity index (χ4v) is 2.06. The average molecular weight is 361 g/mol. The van der Waals surface area contributed by atoms with Crippen LogP contribution in [0.25, 0.3) is 0 Å². The zero-order valence-electron chi connectivity index (χ0n) is 14.4. The molecule has 0 unspecified atom stereocenters. The van der Waals surface area contributed by atoms with Crippen molar-refractivity contribution in [1.82, 2.24) is 10.5 Å². The maximum absolute atomic E-state index is 12.2. The first-order valence-electron chi connectivity index (χ1n) is 7.74. The number of para-hydroxylation sites is 1. The summed E-state index contributed by atoms with van der Waals surface area (Å²) in [6.07, 6.45) is 0. The molecule has 1 heterocycles. The maximum atomic E-state index is 12.2. The first-order valence-corrected chi connectivity index (χ1v) is 7.74. The summed E-state index contributed by atoms with van der Waals surface area (Å²) < 4.78 is 15.7. The van der Waals surface area contributed by atoms with Gasteiger partial charge in [0.1, 0.15) is 23.7 Å². The van der Waals surface area contributed by atoms with E-state index in [0.717, 1.165) is 5.56 Å². The molecule has 26 heavy (non-hydrogen) atoms. The molecule has 0 radical (unpaired) electrons. The van der Waals surface area contributed by atoms with E-state index in [1.54, 1.807) is 32.0 Å². The van der Waals surface area contributed by atoms with Crippen molar-refractivity contribution >= 4 is 17.8 Å². The Kier molecular flexibility index (Phi) is 6.31. The molecule has 0 bridgehead atoms. The van der Waals surface area contributed by atoms with Gasteiger partial charge in [-0.1, -0.05) is 17.3 Å². The predicted octanol–water partition coefficient (Wildman–Crippen LogP) is 0.629. The van der Waals surface area contributed by atoms with Crippen LogP contribution in [0.5, 0.6) is 5.75 Å². The zero-order chi connectivity index (χ0) is 19.1. The molecule has 0 aliphatic heterocycles. The number of nitrogens with zero attached hydrogens (tertiary/aromatic N) is 1. The Balaban J connectivity index is 1.98. The number of esters is 1. The number of rotatable bonds is 8. The summed E-state index contributed by atoms with van der Waals surface area (Å²) in [7, 11) is 0. The summed E-state index contributed by atoms with van der Waals surface area (Å²) in [5.41, 5.74) is 6.57. The van der Waals surface area contributed by atoms with E-state index in [-0.39, 0.29) is 18.7 Å². The van der Waals surface area contributed by atoms with Gasteiger partial charge in [0.05, 0.1) is 17.8 Å². The maximum Gasteiger partial charge on any atom is 0.342 e. The van der Waals surface area contributed by atoms with Gasteiger partial charge in [-0.2, -0.15) is 0 Å². The molecule has 2 amide bonds. The third kappa shape index (κ3) is 5.07. The van der Waals surface area contributed by atoms with E-state index in [9.17, 15) is 14.4 Å². The minimum absolute atomic E-state index is 0.168. The Labute approximate surface area is 149 Å². The van der Waals surface area contributed by atoms with Gasteiger partial charge >= 0.3 is 5.97 Å². The number of aromatic nitrogens is 1. The zero-order valence-corrected chi connectivity index (χ0v) is 14.4. The number of primary amides is 1. The van der Waals surface area contributed by atoms with Gasteiger partial charge in [0.2, 0.25) is 5.91 Å². The Morgan fingerprint density at radius 2 is 1.96 bits per heavy atom. The molecule has 0 fully saturated rings. The topological polar surface area (TPSA) is 134 Å². The second kappa shape index (κ2) is 8.65. The Morgan fingerprint density at radius 1 is 1.23 bits per heavy atom. The van der Waals surface area contributed by atoms with Crippen molar-refractivity contribution in [2.75, 3.05) is 13.2 Å². The van der Waals surface area contributed by atoms with Crippen LogP contribution in [0.2, 0.25) is 0 Å². The van der Waals surface area contributed by atoms with Crippen LogP contribution < -0.4 is 15.8 Å². The van der Waals surface area contributed by atoms with Crippen LogP contribution in [0.15, 0.2) is 28.8 Å². The molecule has 0 aliphatic rings. The molecule has 0 atom stereocenters. The molecule has 3 N–H and O–H groups in total. The fraction of sp³-hybridized carbons (Fsp3) is 0.294. The van der Waals surface area contributed by atoms with Crippen molar-refractivity contribution in [3.63, 3.8) is 0 Å². The molecule has 0 saturated carbocycles. The lowest BCUT2D eigenvalue weighted by Crippen LogP contribution is -2.36. The minimum Gasteiger partial charge on any atom is -0.488 e. The number of amides is 2. The smallest absolute Gasteiger partial charge is 0.342 e. The number of hydrogen-bond acceptors (Lipinski definition) is 7. The van der Waals surface area contributed by atoms with Crippen molar-refractivity contribution in [3.8, 4) is 5.75 Å². The summed E-state index contributed by atoms with van der Waals surface area (Å²) in [4.78, 5) is 34.3. The van der Waals surface area contributed by atoms with Crippen molar-refractivity contribution in [1.29, 1.82) is 0 Å². The fourth-order valence-electron chi connectivity index (χ4n) is 2.06. The van der Waals surface area contributed by atoms with E-state index in [4.69, 9.17) is 19.7 Å². The van der Waals surface area contributed by atoms with Gasteiger partial charge in [0.25, 0.3) is 5.91 Å². The van der Waals surface area contributed by atoms with Crippen LogP contribution in [-0.4, -0.2) is 36.1 Å². The Hall–Kier alpha value is -3.36. The lowest BCUT2D eigenvalue weighted by Gasteiger charge is -2.11. The molecule has 9 heteroatoms. The number of carbonyl (C=O) groups excluding carboxylic acids is 3. The first kappa shape index (κ1) is 19.0. The van der Waals surface area contributed by atoms with Gasteiger partial charge in [-0.15, -0.1) is 0 Å². The van der Waals surface area contributed by atoms with E-state index in [2.05, 4.69) is 10.5 Å². The number of benzene rings is 1. The number of hydrogen-bond donors (Lipinski definition) is 2. The van der Waals surface area contributed by atoms with E-state index in [0.29, 0.717) is 17.2 Å². The van der Waals surface area contributed by atoms with Crippen LogP contribution in [0.1, 0.15) is 27.4 Å². The lowest BCUT2D eigenvalue weighted by molar-refractivity contribution is -0.127. The molecule has 2 rings (SSSR count). The second-order valence-corrected chi connectivity index (χ2v) is 5.41. The van der Waals surface area contributed by atoms with Gasteiger partial charge in [0, 0.05) is 0 Å². The van der Waals surface area contributed by atoms with Gasteiger partial charge in [-0.05, 0) is 26.0 Å². The highest BCUT2D eigenvalue weighted by Gasteiger charge is 2.17. The SMILES string of the molecule is Cc1noc(C)c1COc1ccccc1C(=O)OCC(=O)NCC(N)=O. The molecule has 9 nitrogen and oxygen atoms in total. The number of nitrogens with two attached hydrogens (primary N) is 1. The van der Waals surface area contributed by atoms with Crippen molar-refractivity contribution < 1.29 is 28.4 Å². The van der Waals surface area contributed by atoms with Crippen molar-refractivity contribution in [3.05, 3.63) is 46.8 Å². The predicted molar refractivity (Wildman–Crippen MR) is 89.2 cm³/mol. The van der Waals surface area contributed by atoms with Crippen LogP contribution in [0.3, 0.4) is 0 Å². The largest absolute Gasteiger partial charge is 0.488 e.